The molecule has 6 nitrogen and oxygen atoms in total. The molecule has 0 aromatic rings. The van der Waals surface area contributed by atoms with E-state index in [0.29, 0.717) is 13.1 Å². The number of halogens is 1. The summed E-state index contributed by atoms with van der Waals surface area (Å²) in [6.07, 6.45) is 6.95. The second-order valence-corrected chi connectivity index (χ2v) is 7.23. The number of amides is 1. The Morgan fingerprint density at radius 2 is 2.12 bits per heavy atom. The van der Waals surface area contributed by atoms with Gasteiger partial charge in [0.2, 0.25) is 0 Å². The van der Waals surface area contributed by atoms with Gasteiger partial charge in [0.1, 0.15) is 5.60 Å². The maximum Gasteiger partial charge on any atom is 0.410 e. The molecule has 1 amide bonds. The van der Waals surface area contributed by atoms with Crippen molar-refractivity contribution >= 4 is 36.0 Å². The number of rotatable bonds is 4. The number of guanidine groups is 1. The molecule has 1 heterocycles. The molecule has 2 aliphatic rings. The highest BCUT2D eigenvalue weighted by Crippen LogP contribution is 2.19. The molecular formula is C17H31IN4O2. The Labute approximate surface area is 162 Å². The van der Waals surface area contributed by atoms with Crippen LogP contribution in [0.15, 0.2) is 16.6 Å². The zero-order valence-corrected chi connectivity index (χ0v) is 17.6. The van der Waals surface area contributed by atoms with Gasteiger partial charge in [-0.05, 0) is 46.5 Å². The second-order valence-electron chi connectivity index (χ2n) is 7.23. The summed E-state index contributed by atoms with van der Waals surface area (Å²) in [6.45, 7) is 7.85. The number of carbonyl (C=O) groups is 1. The standard InChI is InChI=1S/C17H30N4O2.HI/c1-17(2,3)23-16(22)21-11-14(12-21)20-15(18-4)19-10-9-13-7-5-6-8-13;/h7,14H,5-6,8-12H2,1-4H3,(H2,18,19,20);1H. The smallest absolute Gasteiger partial charge is 0.410 e. The number of hydrogen-bond acceptors (Lipinski definition) is 3. The van der Waals surface area contributed by atoms with Crippen LogP contribution in [0, 0.1) is 0 Å². The van der Waals surface area contributed by atoms with Crippen molar-refractivity contribution in [3.63, 3.8) is 0 Å². The minimum Gasteiger partial charge on any atom is -0.444 e. The first-order chi connectivity index (χ1) is 10.9. The molecule has 1 saturated heterocycles. The molecule has 1 fully saturated rings. The summed E-state index contributed by atoms with van der Waals surface area (Å²) < 4.78 is 5.35. The summed E-state index contributed by atoms with van der Waals surface area (Å²) in [4.78, 5) is 17.8. The molecule has 0 atom stereocenters. The first-order valence-corrected chi connectivity index (χ1v) is 8.50. The fourth-order valence-electron chi connectivity index (χ4n) is 2.74. The van der Waals surface area contributed by atoms with E-state index in [1.54, 1.807) is 17.5 Å². The van der Waals surface area contributed by atoms with Crippen molar-refractivity contribution < 1.29 is 9.53 Å². The highest BCUT2D eigenvalue weighted by atomic mass is 127. The van der Waals surface area contributed by atoms with Gasteiger partial charge in [0.25, 0.3) is 0 Å². The third kappa shape index (κ3) is 6.86. The van der Waals surface area contributed by atoms with Crippen molar-refractivity contribution in [1.82, 2.24) is 15.5 Å². The Bertz CT molecular complexity index is 479. The third-order valence-corrected chi connectivity index (χ3v) is 3.97. The molecule has 1 aliphatic carbocycles. The monoisotopic (exact) mass is 450 g/mol. The van der Waals surface area contributed by atoms with Gasteiger partial charge in [-0.2, -0.15) is 0 Å². The number of nitrogens with zero attached hydrogens (tertiary/aromatic N) is 2. The lowest BCUT2D eigenvalue weighted by Gasteiger charge is -2.40. The first-order valence-electron chi connectivity index (χ1n) is 8.50. The molecule has 1 aliphatic heterocycles. The minimum atomic E-state index is -0.442. The van der Waals surface area contributed by atoms with E-state index in [1.807, 2.05) is 20.8 Å². The van der Waals surface area contributed by atoms with Crippen molar-refractivity contribution in [2.45, 2.75) is 58.1 Å². The number of likely N-dealkylation sites (tertiary alicyclic amines) is 1. The van der Waals surface area contributed by atoms with Crippen LogP contribution in [0.5, 0.6) is 0 Å². The van der Waals surface area contributed by atoms with Crippen LogP contribution in [0.25, 0.3) is 0 Å². The largest absolute Gasteiger partial charge is 0.444 e. The van der Waals surface area contributed by atoms with Crippen LogP contribution >= 0.6 is 24.0 Å². The topological polar surface area (TPSA) is 66.0 Å². The lowest BCUT2D eigenvalue weighted by atomic mass is 10.1. The van der Waals surface area contributed by atoms with Gasteiger partial charge in [-0.25, -0.2) is 4.79 Å². The van der Waals surface area contributed by atoms with Crippen LogP contribution in [-0.4, -0.2) is 55.3 Å². The number of hydrogen-bond donors (Lipinski definition) is 2. The van der Waals surface area contributed by atoms with Gasteiger partial charge >= 0.3 is 6.09 Å². The SMILES string of the molecule is CN=C(NCCC1=CCCC1)NC1CN(C(=O)OC(C)(C)C)C1.I. The molecule has 7 heteroatoms. The van der Waals surface area contributed by atoms with Crippen LogP contribution < -0.4 is 10.6 Å². The van der Waals surface area contributed by atoms with Gasteiger partial charge in [0.15, 0.2) is 5.96 Å². The zero-order chi connectivity index (χ0) is 16.9. The van der Waals surface area contributed by atoms with Gasteiger partial charge in [-0.15, -0.1) is 24.0 Å². The zero-order valence-electron chi connectivity index (χ0n) is 15.2. The number of nitrogens with one attached hydrogen (secondary N) is 2. The summed E-state index contributed by atoms with van der Waals surface area (Å²) in [5.74, 6) is 0.803. The summed E-state index contributed by atoms with van der Waals surface area (Å²) in [7, 11) is 1.77. The number of carbonyl (C=O) groups excluding carboxylic acids is 1. The van der Waals surface area contributed by atoms with Crippen molar-refractivity contribution in [2.24, 2.45) is 4.99 Å². The van der Waals surface area contributed by atoms with Crippen LogP contribution in [0.1, 0.15) is 46.5 Å². The molecular weight excluding hydrogens is 419 g/mol. The fourth-order valence-corrected chi connectivity index (χ4v) is 2.74. The lowest BCUT2D eigenvalue weighted by molar-refractivity contribution is 0.00701. The van der Waals surface area contributed by atoms with E-state index in [2.05, 4.69) is 21.7 Å². The van der Waals surface area contributed by atoms with E-state index in [9.17, 15) is 4.79 Å². The molecule has 0 saturated carbocycles. The summed E-state index contributed by atoms with van der Waals surface area (Å²) >= 11 is 0. The third-order valence-electron chi connectivity index (χ3n) is 3.97. The van der Waals surface area contributed by atoms with Gasteiger partial charge in [-0.3, -0.25) is 4.99 Å². The van der Waals surface area contributed by atoms with Crippen molar-refractivity contribution in [1.29, 1.82) is 0 Å². The molecule has 0 bridgehead atoms. The van der Waals surface area contributed by atoms with Crippen molar-refractivity contribution in [2.75, 3.05) is 26.7 Å². The summed E-state index contributed by atoms with van der Waals surface area (Å²) in [5.41, 5.74) is 1.11. The fraction of sp³-hybridized carbons (Fsp3) is 0.765. The molecule has 0 unspecified atom stereocenters. The molecule has 2 N–H and O–H groups in total. The van der Waals surface area contributed by atoms with E-state index in [4.69, 9.17) is 4.74 Å². The summed E-state index contributed by atoms with van der Waals surface area (Å²) in [5, 5.41) is 6.69. The average Bonchev–Trinajstić information content (AvgIpc) is 2.91. The second kappa shape index (κ2) is 9.48. The van der Waals surface area contributed by atoms with Gasteiger partial charge in [-0.1, -0.05) is 11.6 Å². The van der Waals surface area contributed by atoms with Gasteiger partial charge < -0.3 is 20.3 Å². The molecule has 2 rings (SSSR count). The van der Waals surface area contributed by atoms with E-state index >= 15 is 0 Å². The van der Waals surface area contributed by atoms with Gasteiger partial charge in [0, 0.05) is 26.7 Å². The molecule has 0 aromatic heterocycles. The number of allylic oxidation sites excluding steroid dienone is 1. The van der Waals surface area contributed by atoms with Crippen LogP contribution in [0.2, 0.25) is 0 Å². The molecule has 0 radical (unpaired) electrons. The van der Waals surface area contributed by atoms with E-state index in [1.165, 1.54) is 19.3 Å². The Morgan fingerprint density at radius 1 is 1.42 bits per heavy atom. The highest BCUT2D eigenvalue weighted by Gasteiger charge is 2.34. The summed E-state index contributed by atoms with van der Waals surface area (Å²) in [6, 6.07) is 0.236. The Morgan fingerprint density at radius 3 is 2.67 bits per heavy atom. The van der Waals surface area contributed by atoms with Crippen LogP contribution in [-0.2, 0) is 4.74 Å². The van der Waals surface area contributed by atoms with Crippen molar-refractivity contribution in [3.8, 4) is 0 Å². The maximum atomic E-state index is 11.9. The van der Waals surface area contributed by atoms with Gasteiger partial charge in [0.05, 0.1) is 6.04 Å². The van der Waals surface area contributed by atoms with E-state index < -0.39 is 5.60 Å². The molecule has 0 aromatic carbocycles. The van der Waals surface area contributed by atoms with E-state index in [-0.39, 0.29) is 36.1 Å². The molecule has 138 valence electrons. The maximum absolute atomic E-state index is 11.9. The first kappa shape index (κ1) is 21.1. The van der Waals surface area contributed by atoms with Crippen molar-refractivity contribution in [3.05, 3.63) is 11.6 Å². The Kier molecular flexibility index (Phi) is 8.32. The molecule has 24 heavy (non-hydrogen) atoms. The minimum absolute atomic E-state index is 0. The number of ether oxygens (including phenoxy) is 1. The number of aliphatic imine (C=N–C) groups is 1. The Hall–Kier alpha value is -0.990. The predicted molar refractivity (Wildman–Crippen MR) is 108 cm³/mol. The predicted octanol–water partition coefficient (Wildman–Crippen LogP) is 2.89. The highest BCUT2D eigenvalue weighted by molar-refractivity contribution is 14.0. The lowest BCUT2D eigenvalue weighted by Crippen LogP contribution is -2.63. The van der Waals surface area contributed by atoms with Crippen LogP contribution in [0.4, 0.5) is 4.79 Å². The molecule has 0 spiro atoms. The Balaban J connectivity index is 0.00000288. The average molecular weight is 450 g/mol. The quantitative estimate of drug-likeness (QED) is 0.299. The van der Waals surface area contributed by atoms with E-state index in [0.717, 1.165) is 18.9 Å². The normalized spacial score (nSPS) is 18.4. The van der Waals surface area contributed by atoms with Crippen LogP contribution in [0.3, 0.4) is 0 Å².